The molecule has 7 nitrogen and oxygen atoms in total. The number of hydrogen-bond donors (Lipinski definition) is 0. The van der Waals surface area contributed by atoms with Crippen LogP contribution in [0.3, 0.4) is 0 Å². The van der Waals surface area contributed by atoms with E-state index < -0.39 is 0 Å². The van der Waals surface area contributed by atoms with Gasteiger partial charge in [0.05, 0.1) is 30.7 Å². The van der Waals surface area contributed by atoms with Crippen LogP contribution in [0, 0.1) is 12.7 Å². The Morgan fingerprint density at radius 2 is 1.50 bits per heavy atom. The van der Waals surface area contributed by atoms with E-state index in [0.29, 0.717) is 61.2 Å². The lowest BCUT2D eigenvalue weighted by molar-refractivity contribution is -0.138. The summed E-state index contributed by atoms with van der Waals surface area (Å²) in [5.41, 5.74) is 4.07. The third kappa shape index (κ3) is 5.77. The summed E-state index contributed by atoms with van der Waals surface area (Å²) in [5.74, 6) is 0.0942. The van der Waals surface area contributed by atoms with Gasteiger partial charge in [0, 0.05) is 31.9 Å². The minimum atomic E-state index is -0.378. The number of benzene rings is 3. The Balaban J connectivity index is 1.31. The zero-order chi connectivity index (χ0) is 28.1. The van der Waals surface area contributed by atoms with E-state index in [1.54, 1.807) is 39.7 Å². The minimum absolute atomic E-state index is 0.00133. The topological polar surface area (TPSA) is 64.0 Å². The van der Waals surface area contributed by atoms with Crippen molar-refractivity contribution in [2.75, 3.05) is 39.9 Å². The largest absolute Gasteiger partial charge is 0.497 e. The van der Waals surface area contributed by atoms with Gasteiger partial charge in [0.25, 0.3) is 5.91 Å². The Bertz CT molecular complexity index is 1480. The lowest BCUT2D eigenvalue weighted by atomic mass is 10.1. The third-order valence-corrected chi connectivity index (χ3v) is 7.21. The molecule has 0 atom stereocenters. The first-order chi connectivity index (χ1) is 19.5. The second-order valence-electron chi connectivity index (χ2n) is 9.70. The van der Waals surface area contributed by atoms with E-state index in [4.69, 9.17) is 9.47 Å². The zero-order valence-electron chi connectivity index (χ0n) is 22.7. The van der Waals surface area contributed by atoms with Gasteiger partial charge in [0.15, 0.2) is 0 Å². The van der Waals surface area contributed by atoms with Crippen LogP contribution < -0.4 is 4.74 Å². The minimum Gasteiger partial charge on any atom is -0.497 e. The van der Waals surface area contributed by atoms with Gasteiger partial charge < -0.3 is 23.8 Å². The van der Waals surface area contributed by atoms with Crippen molar-refractivity contribution in [2.45, 2.75) is 13.5 Å². The Kier molecular flexibility index (Phi) is 8.26. The molecule has 0 spiro atoms. The molecule has 0 N–H and O–H groups in total. The second kappa shape index (κ2) is 12.2. The van der Waals surface area contributed by atoms with Crippen molar-refractivity contribution in [1.82, 2.24) is 14.4 Å². The molecule has 40 heavy (non-hydrogen) atoms. The molecule has 0 aliphatic carbocycles. The maximum atomic E-state index is 15.0. The number of methoxy groups -OCH3 is 1. The van der Waals surface area contributed by atoms with Gasteiger partial charge in [-0.2, -0.15) is 0 Å². The van der Waals surface area contributed by atoms with E-state index in [2.05, 4.69) is 0 Å². The zero-order valence-corrected chi connectivity index (χ0v) is 22.7. The van der Waals surface area contributed by atoms with Crippen molar-refractivity contribution in [1.29, 1.82) is 0 Å². The maximum absolute atomic E-state index is 15.0. The van der Waals surface area contributed by atoms with Crippen LogP contribution in [-0.4, -0.2) is 66.1 Å². The van der Waals surface area contributed by atoms with Crippen molar-refractivity contribution >= 4 is 11.8 Å². The predicted octanol–water partition coefficient (Wildman–Crippen LogP) is 5.10. The summed E-state index contributed by atoms with van der Waals surface area (Å²) in [6, 6.07) is 25.5. The molecule has 206 valence electrons. The molecule has 1 aliphatic rings. The molecular weight excluding hydrogens is 509 g/mol. The SMILES string of the molecule is COc1ccc(-c2cc(C(=O)N3CCN(C(=O)COCc4ccccc4)CC3)c(C)n2-c2ccccc2F)cc1. The smallest absolute Gasteiger partial charge is 0.255 e. The highest BCUT2D eigenvalue weighted by molar-refractivity contribution is 5.97. The highest BCUT2D eigenvalue weighted by Crippen LogP contribution is 2.32. The number of nitrogens with zero attached hydrogens (tertiary/aromatic N) is 3. The van der Waals surface area contributed by atoms with Crippen molar-refractivity contribution in [3.05, 3.63) is 108 Å². The first-order valence-corrected chi connectivity index (χ1v) is 13.3. The molecule has 0 bridgehead atoms. The number of hydrogen-bond acceptors (Lipinski definition) is 4. The quantitative estimate of drug-likeness (QED) is 0.311. The normalized spacial score (nSPS) is 13.4. The number of aromatic nitrogens is 1. The van der Waals surface area contributed by atoms with E-state index >= 15 is 0 Å². The Morgan fingerprint density at radius 1 is 0.850 bits per heavy atom. The van der Waals surface area contributed by atoms with Crippen molar-refractivity contribution in [2.24, 2.45) is 0 Å². The molecular formula is C32H32FN3O4. The molecule has 1 aliphatic heterocycles. The summed E-state index contributed by atoms with van der Waals surface area (Å²) in [6.45, 7) is 3.88. The monoisotopic (exact) mass is 541 g/mol. The summed E-state index contributed by atoms with van der Waals surface area (Å²) in [5, 5.41) is 0. The van der Waals surface area contributed by atoms with Crippen LogP contribution in [0.4, 0.5) is 4.39 Å². The average Bonchev–Trinajstić information content (AvgIpc) is 3.34. The average molecular weight is 542 g/mol. The van der Waals surface area contributed by atoms with Crippen molar-refractivity contribution < 1.29 is 23.5 Å². The van der Waals surface area contributed by atoms with Crippen LogP contribution in [-0.2, 0) is 16.1 Å². The number of halogens is 1. The van der Waals surface area contributed by atoms with Crippen LogP contribution >= 0.6 is 0 Å². The van der Waals surface area contributed by atoms with E-state index in [-0.39, 0.29) is 24.2 Å². The van der Waals surface area contributed by atoms with Crippen LogP contribution in [0.15, 0.2) is 84.9 Å². The molecule has 0 saturated carbocycles. The van der Waals surface area contributed by atoms with Gasteiger partial charge in [-0.1, -0.05) is 42.5 Å². The van der Waals surface area contributed by atoms with Gasteiger partial charge in [-0.3, -0.25) is 9.59 Å². The van der Waals surface area contributed by atoms with Gasteiger partial charge in [-0.15, -0.1) is 0 Å². The van der Waals surface area contributed by atoms with Crippen LogP contribution in [0.1, 0.15) is 21.6 Å². The lowest BCUT2D eigenvalue weighted by Crippen LogP contribution is -2.51. The second-order valence-corrected chi connectivity index (χ2v) is 9.70. The highest BCUT2D eigenvalue weighted by atomic mass is 19.1. The number of amides is 2. The Labute approximate surface area is 233 Å². The van der Waals surface area contributed by atoms with Gasteiger partial charge in [-0.25, -0.2) is 4.39 Å². The summed E-state index contributed by atoms with van der Waals surface area (Å²) >= 11 is 0. The molecule has 5 rings (SSSR count). The van der Waals surface area contributed by atoms with E-state index in [9.17, 15) is 14.0 Å². The van der Waals surface area contributed by atoms with Crippen LogP contribution in [0.25, 0.3) is 16.9 Å². The molecule has 0 radical (unpaired) electrons. The standard InChI is InChI=1S/C32H32FN3O4/c1-23-27(20-30(25-12-14-26(39-2)15-13-25)36(23)29-11-7-6-10-28(29)33)32(38)35-18-16-34(17-19-35)31(37)22-40-21-24-8-4-3-5-9-24/h3-15,20H,16-19,21-22H2,1-2H3. The van der Waals surface area contributed by atoms with E-state index in [1.807, 2.05) is 67.6 Å². The van der Waals surface area contributed by atoms with Crippen molar-refractivity contribution in [3.63, 3.8) is 0 Å². The fourth-order valence-corrected chi connectivity index (χ4v) is 4.99. The maximum Gasteiger partial charge on any atom is 0.255 e. The predicted molar refractivity (Wildman–Crippen MR) is 151 cm³/mol. The molecule has 3 aromatic carbocycles. The Morgan fingerprint density at radius 3 is 2.17 bits per heavy atom. The summed E-state index contributed by atoms with van der Waals surface area (Å²) in [7, 11) is 1.60. The fourth-order valence-electron chi connectivity index (χ4n) is 4.99. The molecule has 0 unspecified atom stereocenters. The summed E-state index contributed by atoms with van der Waals surface area (Å²) in [6.07, 6.45) is 0. The van der Waals surface area contributed by atoms with Gasteiger partial charge in [0.2, 0.25) is 5.91 Å². The lowest BCUT2D eigenvalue weighted by Gasteiger charge is -2.34. The molecule has 2 amide bonds. The number of piperazine rings is 1. The molecule has 2 heterocycles. The summed E-state index contributed by atoms with van der Waals surface area (Å²) in [4.78, 5) is 29.9. The molecule has 4 aromatic rings. The number of ether oxygens (including phenoxy) is 2. The number of carbonyl (C=O) groups excluding carboxylic acids is 2. The van der Waals surface area contributed by atoms with E-state index in [1.165, 1.54) is 6.07 Å². The number of rotatable bonds is 8. The molecule has 1 aromatic heterocycles. The number of carbonyl (C=O) groups is 2. The van der Waals surface area contributed by atoms with Crippen molar-refractivity contribution in [3.8, 4) is 22.7 Å². The summed E-state index contributed by atoms with van der Waals surface area (Å²) < 4.78 is 27.6. The molecule has 8 heteroatoms. The fraction of sp³-hybridized carbons (Fsp3) is 0.250. The highest BCUT2D eigenvalue weighted by Gasteiger charge is 2.28. The first kappa shape index (κ1) is 27.1. The van der Waals surface area contributed by atoms with Gasteiger partial charge in [-0.05, 0) is 60.5 Å². The van der Waals surface area contributed by atoms with Crippen LogP contribution in [0.2, 0.25) is 0 Å². The third-order valence-electron chi connectivity index (χ3n) is 7.21. The Hall–Kier alpha value is -4.43. The first-order valence-electron chi connectivity index (χ1n) is 13.3. The molecule has 1 saturated heterocycles. The number of para-hydroxylation sites is 1. The van der Waals surface area contributed by atoms with Gasteiger partial charge >= 0.3 is 0 Å². The molecule has 1 fully saturated rings. The van der Waals surface area contributed by atoms with E-state index in [0.717, 1.165) is 11.1 Å². The van der Waals surface area contributed by atoms with Crippen LogP contribution in [0.5, 0.6) is 5.75 Å². The van der Waals surface area contributed by atoms with Gasteiger partial charge in [0.1, 0.15) is 18.2 Å².